The molecule has 3 aliphatic rings. The standard InChI is InChI=1S/C27H33N3O5S/c31-23-18-29(19-23)26(32)21-13-15-28(16-14-21)27(33)22-11-12-25(20-7-3-1-4-8-20)30(17-22)36(34,35)24-9-5-2-6-10-24/h1-10,21-23,25,31H,11-19H2/t22-,25-/m1/s1. The summed E-state index contributed by atoms with van der Waals surface area (Å²) in [4.78, 5) is 29.8. The third-order valence-electron chi connectivity index (χ3n) is 7.75. The molecular weight excluding hydrogens is 478 g/mol. The van der Waals surface area contributed by atoms with Gasteiger partial charge in [0, 0.05) is 38.6 Å². The predicted octanol–water partition coefficient (Wildman–Crippen LogP) is 2.27. The summed E-state index contributed by atoms with van der Waals surface area (Å²) in [7, 11) is -3.80. The number of hydrogen-bond donors (Lipinski definition) is 1. The number of rotatable bonds is 5. The van der Waals surface area contributed by atoms with Gasteiger partial charge >= 0.3 is 0 Å². The first-order valence-electron chi connectivity index (χ1n) is 12.7. The molecule has 2 aromatic carbocycles. The Kier molecular flexibility index (Phi) is 7.14. The second kappa shape index (κ2) is 10.3. The molecule has 0 aliphatic carbocycles. The molecule has 0 aromatic heterocycles. The minimum atomic E-state index is -3.80. The molecule has 0 radical (unpaired) electrons. The van der Waals surface area contributed by atoms with E-state index in [1.165, 1.54) is 4.31 Å². The van der Waals surface area contributed by atoms with E-state index < -0.39 is 22.0 Å². The topological polar surface area (TPSA) is 98.2 Å². The van der Waals surface area contributed by atoms with Crippen molar-refractivity contribution in [2.75, 3.05) is 32.7 Å². The van der Waals surface area contributed by atoms with E-state index in [4.69, 9.17) is 0 Å². The summed E-state index contributed by atoms with van der Waals surface area (Å²) in [6, 6.07) is 17.7. The van der Waals surface area contributed by atoms with Gasteiger partial charge in [0.1, 0.15) is 0 Å². The number of aliphatic hydroxyl groups excluding tert-OH is 1. The lowest BCUT2D eigenvalue weighted by atomic mass is 9.88. The van der Waals surface area contributed by atoms with Crippen molar-refractivity contribution in [3.8, 4) is 0 Å². The number of aliphatic hydroxyl groups is 1. The minimum Gasteiger partial charge on any atom is -0.389 e. The molecule has 2 amide bonds. The number of sulfonamides is 1. The van der Waals surface area contributed by atoms with Crippen LogP contribution >= 0.6 is 0 Å². The normalized spacial score (nSPS) is 24.4. The van der Waals surface area contributed by atoms with Crippen LogP contribution in [-0.4, -0.2) is 78.3 Å². The number of nitrogens with zero attached hydrogens (tertiary/aromatic N) is 3. The van der Waals surface area contributed by atoms with Crippen LogP contribution in [0.1, 0.15) is 37.3 Å². The van der Waals surface area contributed by atoms with Crippen molar-refractivity contribution in [3.05, 3.63) is 66.2 Å². The zero-order valence-corrected chi connectivity index (χ0v) is 21.1. The number of benzene rings is 2. The molecule has 9 heteroatoms. The third kappa shape index (κ3) is 4.92. The van der Waals surface area contributed by atoms with E-state index in [-0.39, 0.29) is 35.2 Å². The molecule has 0 spiro atoms. The van der Waals surface area contributed by atoms with Gasteiger partial charge < -0.3 is 14.9 Å². The molecule has 3 aliphatic heterocycles. The van der Waals surface area contributed by atoms with E-state index in [1.54, 1.807) is 40.1 Å². The van der Waals surface area contributed by atoms with Crippen LogP contribution in [0.25, 0.3) is 0 Å². The largest absolute Gasteiger partial charge is 0.389 e. The average Bonchev–Trinajstić information content (AvgIpc) is 2.91. The molecule has 192 valence electrons. The molecular formula is C27H33N3O5S. The Morgan fingerprint density at radius 1 is 0.722 bits per heavy atom. The zero-order chi connectivity index (χ0) is 25.3. The molecule has 3 heterocycles. The van der Waals surface area contributed by atoms with E-state index in [1.807, 2.05) is 30.3 Å². The smallest absolute Gasteiger partial charge is 0.243 e. The summed E-state index contributed by atoms with van der Waals surface area (Å²) in [5.41, 5.74) is 0.929. The first kappa shape index (κ1) is 24.9. The number of β-amino-alcohol motifs (C(OH)–C–C–N with tert-alkyl or cyclic N) is 1. The Balaban J connectivity index is 1.29. The minimum absolute atomic E-state index is 0.0277. The van der Waals surface area contributed by atoms with Gasteiger partial charge in [-0.15, -0.1) is 0 Å². The van der Waals surface area contributed by atoms with Crippen molar-refractivity contribution in [1.82, 2.24) is 14.1 Å². The summed E-state index contributed by atoms with van der Waals surface area (Å²) < 4.78 is 28.9. The fourth-order valence-corrected chi connectivity index (χ4v) is 7.35. The summed E-state index contributed by atoms with van der Waals surface area (Å²) in [5.74, 6) is -0.498. The predicted molar refractivity (Wildman–Crippen MR) is 134 cm³/mol. The lowest BCUT2D eigenvalue weighted by Gasteiger charge is -2.42. The second-order valence-electron chi connectivity index (χ2n) is 10.1. The summed E-state index contributed by atoms with van der Waals surface area (Å²) >= 11 is 0. The maximum absolute atomic E-state index is 13.7. The summed E-state index contributed by atoms with van der Waals surface area (Å²) in [6.07, 6.45) is 1.96. The number of hydrogen-bond acceptors (Lipinski definition) is 5. The van der Waals surface area contributed by atoms with Crippen molar-refractivity contribution in [1.29, 1.82) is 0 Å². The van der Waals surface area contributed by atoms with E-state index in [9.17, 15) is 23.1 Å². The Hall–Kier alpha value is -2.75. The van der Waals surface area contributed by atoms with Crippen molar-refractivity contribution >= 4 is 21.8 Å². The van der Waals surface area contributed by atoms with Gasteiger partial charge in [-0.05, 0) is 43.4 Å². The molecule has 0 saturated carbocycles. The third-order valence-corrected chi connectivity index (χ3v) is 9.64. The van der Waals surface area contributed by atoms with E-state index in [0.717, 1.165) is 5.56 Å². The maximum Gasteiger partial charge on any atom is 0.243 e. The van der Waals surface area contributed by atoms with Gasteiger partial charge in [-0.3, -0.25) is 9.59 Å². The van der Waals surface area contributed by atoms with E-state index in [0.29, 0.717) is 51.9 Å². The Morgan fingerprint density at radius 2 is 1.31 bits per heavy atom. The van der Waals surface area contributed by atoms with Crippen LogP contribution < -0.4 is 0 Å². The molecule has 8 nitrogen and oxygen atoms in total. The molecule has 0 bridgehead atoms. The first-order chi connectivity index (χ1) is 17.3. The van der Waals surface area contributed by atoms with Crippen molar-refractivity contribution in [3.63, 3.8) is 0 Å². The number of carbonyl (C=O) groups is 2. The van der Waals surface area contributed by atoms with Gasteiger partial charge in [-0.1, -0.05) is 48.5 Å². The molecule has 2 atom stereocenters. The molecule has 1 N–H and O–H groups in total. The van der Waals surface area contributed by atoms with Gasteiger partial charge in [-0.2, -0.15) is 4.31 Å². The van der Waals surface area contributed by atoms with Crippen molar-refractivity contribution in [2.24, 2.45) is 11.8 Å². The first-order valence-corrected chi connectivity index (χ1v) is 14.2. The molecule has 36 heavy (non-hydrogen) atoms. The van der Waals surface area contributed by atoms with Crippen LogP contribution in [0.5, 0.6) is 0 Å². The lowest BCUT2D eigenvalue weighted by molar-refractivity contribution is -0.150. The van der Waals surface area contributed by atoms with Crippen LogP contribution in [-0.2, 0) is 19.6 Å². The molecule has 0 unspecified atom stereocenters. The van der Waals surface area contributed by atoms with Crippen LogP contribution in [0.15, 0.2) is 65.6 Å². The molecule has 5 rings (SSSR count). The van der Waals surface area contributed by atoms with Gasteiger partial charge in [0.2, 0.25) is 21.8 Å². The Morgan fingerprint density at radius 3 is 1.92 bits per heavy atom. The monoisotopic (exact) mass is 511 g/mol. The second-order valence-corrected chi connectivity index (χ2v) is 12.0. The number of piperidine rings is 2. The van der Waals surface area contributed by atoms with Crippen LogP contribution in [0.4, 0.5) is 0 Å². The SMILES string of the molecule is O=C(C1CCN(C(=O)[C@@H]2CC[C@H](c3ccccc3)N(S(=O)(=O)c3ccccc3)C2)CC1)N1CC(O)C1. The van der Waals surface area contributed by atoms with E-state index in [2.05, 4.69) is 0 Å². The Labute approximate surface area is 212 Å². The maximum atomic E-state index is 13.7. The highest BCUT2D eigenvalue weighted by Gasteiger charge is 2.42. The number of amides is 2. The van der Waals surface area contributed by atoms with Crippen LogP contribution in [0.3, 0.4) is 0 Å². The molecule has 3 saturated heterocycles. The molecule has 2 aromatic rings. The Bertz CT molecular complexity index is 1180. The highest BCUT2D eigenvalue weighted by Crippen LogP contribution is 2.38. The summed E-state index contributed by atoms with van der Waals surface area (Å²) in [6.45, 7) is 1.92. The number of carbonyl (C=O) groups excluding carboxylic acids is 2. The van der Waals surface area contributed by atoms with Crippen molar-refractivity contribution < 1.29 is 23.1 Å². The molecule has 3 fully saturated rings. The fraction of sp³-hybridized carbons (Fsp3) is 0.481. The van der Waals surface area contributed by atoms with Gasteiger partial charge in [0.05, 0.1) is 23.0 Å². The summed E-state index contributed by atoms with van der Waals surface area (Å²) in [5, 5.41) is 9.47. The van der Waals surface area contributed by atoms with Crippen LogP contribution in [0, 0.1) is 11.8 Å². The lowest BCUT2D eigenvalue weighted by Crippen LogP contribution is -2.56. The highest BCUT2D eigenvalue weighted by molar-refractivity contribution is 7.89. The van der Waals surface area contributed by atoms with Crippen LogP contribution in [0.2, 0.25) is 0 Å². The van der Waals surface area contributed by atoms with Gasteiger partial charge in [0.25, 0.3) is 0 Å². The number of likely N-dealkylation sites (tertiary alicyclic amines) is 2. The van der Waals surface area contributed by atoms with E-state index >= 15 is 0 Å². The highest BCUT2D eigenvalue weighted by atomic mass is 32.2. The quantitative estimate of drug-likeness (QED) is 0.664. The fourth-order valence-electron chi connectivity index (χ4n) is 5.64. The average molecular weight is 512 g/mol. The van der Waals surface area contributed by atoms with Crippen molar-refractivity contribution in [2.45, 2.75) is 42.7 Å². The van der Waals surface area contributed by atoms with Gasteiger partial charge in [0.15, 0.2) is 0 Å². The zero-order valence-electron chi connectivity index (χ0n) is 20.3. The van der Waals surface area contributed by atoms with Gasteiger partial charge in [-0.25, -0.2) is 8.42 Å².